The molecule has 124 valence electrons. The van der Waals surface area contributed by atoms with Crippen molar-refractivity contribution in [2.24, 2.45) is 0 Å². The van der Waals surface area contributed by atoms with Gasteiger partial charge < -0.3 is 19.9 Å². The lowest BCUT2D eigenvalue weighted by molar-refractivity contribution is 0.234. The van der Waals surface area contributed by atoms with Crippen LogP contribution < -0.4 is 14.8 Å². The maximum Gasteiger partial charge on any atom is 0.141 e. The number of ether oxygens (including phenoxy) is 2. The van der Waals surface area contributed by atoms with Crippen LogP contribution in [0.1, 0.15) is 30.1 Å². The molecule has 2 aromatic rings. The number of nitrogens with one attached hydrogen (secondary N) is 1. The first-order chi connectivity index (χ1) is 11.1. The summed E-state index contributed by atoms with van der Waals surface area (Å²) in [5.41, 5.74) is 1.94. The second-order valence-electron chi connectivity index (χ2n) is 5.26. The molecule has 0 amide bonds. The molecule has 23 heavy (non-hydrogen) atoms. The van der Waals surface area contributed by atoms with Gasteiger partial charge in [0, 0.05) is 17.7 Å². The van der Waals surface area contributed by atoms with Gasteiger partial charge in [-0.25, -0.2) is 0 Å². The highest BCUT2D eigenvalue weighted by molar-refractivity contribution is 6.32. The summed E-state index contributed by atoms with van der Waals surface area (Å²) >= 11 is 6.23. The lowest BCUT2D eigenvalue weighted by Crippen LogP contribution is -2.27. The number of methoxy groups -OCH3 is 2. The minimum Gasteiger partial charge on any atom is -0.496 e. The Hall–Kier alpha value is -1.75. The highest BCUT2D eigenvalue weighted by atomic mass is 35.5. The molecule has 0 aliphatic rings. The number of aliphatic hydroxyl groups is 1. The summed E-state index contributed by atoms with van der Waals surface area (Å²) in [4.78, 5) is 0. The van der Waals surface area contributed by atoms with Crippen molar-refractivity contribution in [1.82, 2.24) is 5.32 Å². The van der Waals surface area contributed by atoms with Crippen LogP contribution in [0.4, 0.5) is 0 Å². The largest absolute Gasteiger partial charge is 0.496 e. The van der Waals surface area contributed by atoms with Crippen LogP contribution in [-0.4, -0.2) is 25.9 Å². The van der Waals surface area contributed by atoms with E-state index in [4.69, 9.17) is 21.1 Å². The Kier molecular flexibility index (Phi) is 6.28. The zero-order chi connectivity index (χ0) is 16.8. The van der Waals surface area contributed by atoms with Gasteiger partial charge in [0.05, 0.1) is 31.9 Å². The highest BCUT2D eigenvalue weighted by Gasteiger charge is 2.19. The predicted molar refractivity (Wildman–Crippen MR) is 92.4 cm³/mol. The Labute approximate surface area is 142 Å². The minimum absolute atomic E-state index is 0.000551. The van der Waals surface area contributed by atoms with Crippen LogP contribution in [0.5, 0.6) is 11.5 Å². The van der Waals surface area contributed by atoms with Crippen LogP contribution in [-0.2, 0) is 0 Å². The molecular formula is C18H22ClNO3. The molecule has 2 unspecified atom stereocenters. The van der Waals surface area contributed by atoms with Crippen molar-refractivity contribution in [2.45, 2.75) is 19.0 Å². The molecule has 2 aromatic carbocycles. The topological polar surface area (TPSA) is 50.7 Å². The molecule has 0 saturated carbocycles. The third-order valence-electron chi connectivity index (χ3n) is 3.81. The summed E-state index contributed by atoms with van der Waals surface area (Å²) in [5.74, 6) is 1.26. The Morgan fingerprint density at radius 1 is 1.09 bits per heavy atom. The maximum atomic E-state index is 9.70. The van der Waals surface area contributed by atoms with E-state index in [9.17, 15) is 5.11 Å². The molecule has 0 spiro atoms. The summed E-state index contributed by atoms with van der Waals surface area (Å²) in [6.07, 6.45) is 0. The monoisotopic (exact) mass is 335 g/mol. The molecule has 2 rings (SSSR count). The molecule has 2 N–H and O–H groups in total. The quantitative estimate of drug-likeness (QED) is 0.809. The normalized spacial score (nSPS) is 13.4. The molecule has 0 bridgehead atoms. The van der Waals surface area contributed by atoms with E-state index in [-0.39, 0.29) is 18.7 Å². The molecule has 0 aliphatic heterocycles. The lowest BCUT2D eigenvalue weighted by Gasteiger charge is -2.24. The second kappa shape index (κ2) is 8.20. The molecule has 5 heteroatoms. The fourth-order valence-electron chi connectivity index (χ4n) is 2.55. The van der Waals surface area contributed by atoms with Crippen LogP contribution in [0.25, 0.3) is 0 Å². The van der Waals surface area contributed by atoms with Crippen molar-refractivity contribution in [3.05, 3.63) is 58.6 Å². The third-order valence-corrected chi connectivity index (χ3v) is 4.10. The minimum atomic E-state index is -0.170. The first kappa shape index (κ1) is 17.6. The zero-order valence-electron chi connectivity index (χ0n) is 13.5. The van der Waals surface area contributed by atoms with Gasteiger partial charge in [-0.05, 0) is 18.6 Å². The number of rotatable bonds is 7. The molecule has 0 saturated heterocycles. The van der Waals surface area contributed by atoms with Gasteiger partial charge in [0.1, 0.15) is 11.5 Å². The van der Waals surface area contributed by atoms with Crippen LogP contribution in [0.2, 0.25) is 5.02 Å². The number of halogens is 1. The van der Waals surface area contributed by atoms with Crippen molar-refractivity contribution < 1.29 is 14.6 Å². The molecule has 0 radical (unpaired) electrons. The second-order valence-corrected chi connectivity index (χ2v) is 5.67. The van der Waals surface area contributed by atoms with E-state index in [1.165, 1.54) is 0 Å². The van der Waals surface area contributed by atoms with Gasteiger partial charge >= 0.3 is 0 Å². The van der Waals surface area contributed by atoms with Crippen LogP contribution >= 0.6 is 11.6 Å². The van der Waals surface area contributed by atoms with Gasteiger partial charge in [-0.15, -0.1) is 0 Å². The fourth-order valence-corrected chi connectivity index (χ4v) is 2.80. The summed E-state index contributed by atoms with van der Waals surface area (Å²) < 4.78 is 10.7. The molecule has 2 atom stereocenters. The summed E-state index contributed by atoms with van der Waals surface area (Å²) in [6, 6.07) is 13.2. The molecule has 0 aliphatic carbocycles. The van der Waals surface area contributed by atoms with Gasteiger partial charge in [-0.2, -0.15) is 0 Å². The Morgan fingerprint density at radius 3 is 2.30 bits per heavy atom. The van der Waals surface area contributed by atoms with Gasteiger partial charge in [0.15, 0.2) is 0 Å². The lowest BCUT2D eigenvalue weighted by atomic mass is 10.0. The van der Waals surface area contributed by atoms with Crippen molar-refractivity contribution >= 4 is 11.6 Å². The van der Waals surface area contributed by atoms with Gasteiger partial charge in [0.2, 0.25) is 0 Å². The van der Waals surface area contributed by atoms with E-state index >= 15 is 0 Å². The number of hydrogen-bond donors (Lipinski definition) is 2. The molecule has 4 nitrogen and oxygen atoms in total. The fraction of sp³-hybridized carbons (Fsp3) is 0.333. The van der Waals surface area contributed by atoms with E-state index in [1.54, 1.807) is 20.3 Å². The Morgan fingerprint density at radius 2 is 1.74 bits per heavy atom. The Balaban J connectivity index is 2.26. The summed E-state index contributed by atoms with van der Waals surface area (Å²) in [6.45, 7) is 2.01. The SMILES string of the molecule is COc1cc(OC)c(C(C)NC(CO)c2ccccc2)cc1Cl. The smallest absolute Gasteiger partial charge is 0.141 e. The van der Waals surface area contributed by atoms with E-state index in [0.29, 0.717) is 16.5 Å². The van der Waals surface area contributed by atoms with E-state index in [2.05, 4.69) is 5.32 Å². The Bertz CT molecular complexity index is 634. The van der Waals surface area contributed by atoms with E-state index < -0.39 is 0 Å². The van der Waals surface area contributed by atoms with Crippen molar-refractivity contribution in [3.8, 4) is 11.5 Å². The summed E-state index contributed by atoms with van der Waals surface area (Å²) in [5, 5.41) is 13.6. The number of aliphatic hydroxyl groups excluding tert-OH is 1. The maximum absolute atomic E-state index is 9.70. The van der Waals surface area contributed by atoms with Gasteiger partial charge in [-0.3, -0.25) is 0 Å². The third kappa shape index (κ3) is 4.16. The average molecular weight is 336 g/mol. The van der Waals surface area contributed by atoms with E-state index in [0.717, 1.165) is 11.1 Å². The number of benzene rings is 2. The standard InChI is InChI=1S/C18H22ClNO3/c1-12(20-16(11-21)13-7-5-4-6-8-13)14-9-15(19)18(23-3)10-17(14)22-2/h4-10,12,16,20-21H,11H2,1-3H3. The van der Waals surface area contributed by atoms with E-state index in [1.807, 2.05) is 43.3 Å². The van der Waals surface area contributed by atoms with Crippen LogP contribution in [0, 0.1) is 0 Å². The molecular weight excluding hydrogens is 314 g/mol. The van der Waals surface area contributed by atoms with Crippen molar-refractivity contribution in [3.63, 3.8) is 0 Å². The number of hydrogen-bond acceptors (Lipinski definition) is 4. The molecule has 0 heterocycles. The van der Waals surface area contributed by atoms with Gasteiger partial charge in [-0.1, -0.05) is 41.9 Å². The molecule has 0 aromatic heterocycles. The first-order valence-corrected chi connectivity index (χ1v) is 7.81. The van der Waals surface area contributed by atoms with Crippen molar-refractivity contribution in [1.29, 1.82) is 0 Å². The molecule has 0 fully saturated rings. The first-order valence-electron chi connectivity index (χ1n) is 7.44. The van der Waals surface area contributed by atoms with Crippen LogP contribution in [0.15, 0.2) is 42.5 Å². The van der Waals surface area contributed by atoms with Crippen molar-refractivity contribution in [2.75, 3.05) is 20.8 Å². The van der Waals surface area contributed by atoms with Gasteiger partial charge in [0.25, 0.3) is 0 Å². The highest BCUT2D eigenvalue weighted by Crippen LogP contribution is 2.36. The predicted octanol–water partition coefficient (Wildman–Crippen LogP) is 3.74. The average Bonchev–Trinajstić information content (AvgIpc) is 2.59. The zero-order valence-corrected chi connectivity index (χ0v) is 14.3. The van der Waals surface area contributed by atoms with Crippen LogP contribution in [0.3, 0.4) is 0 Å². The summed E-state index contributed by atoms with van der Waals surface area (Å²) in [7, 11) is 3.18.